The van der Waals surface area contributed by atoms with Crippen LogP contribution in [0.5, 0.6) is 0 Å². The zero-order chi connectivity index (χ0) is 23.8. The highest BCUT2D eigenvalue weighted by atomic mass is 32.2. The number of aromatic nitrogens is 2. The second-order valence-corrected chi connectivity index (χ2v) is 10.6. The lowest BCUT2D eigenvalue weighted by Crippen LogP contribution is -2.57. The van der Waals surface area contributed by atoms with Gasteiger partial charge in [-0.2, -0.15) is 4.98 Å². The number of amides is 1. The summed E-state index contributed by atoms with van der Waals surface area (Å²) in [6.07, 6.45) is 0.262. The van der Waals surface area contributed by atoms with Gasteiger partial charge in [0.15, 0.2) is 9.84 Å². The molecule has 0 aliphatic carbocycles. The normalized spacial score (nSPS) is 23.1. The lowest BCUT2D eigenvalue weighted by Gasteiger charge is -2.46. The van der Waals surface area contributed by atoms with Crippen molar-refractivity contribution < 1.29 is 36.3 Å². The molecule has 0 N–H and O–H groups in total. The average Bonchev–Trinajstić information content (AvgIpc) is 3.19. The van der Waals surface area contributed by atoms with Crippen molar-refractivity contribution in [2.45, 2.75) is 37.6 Å². The molecule has 2 saturated heterocycles. The van der Waals surface area contributed by atoms with Crippen molar-refractivity contribution in [3.63, 3.8) is 0 Å². The van der Waals surface area contributed by atoms with Crippen LogP contribution in [0.1, 0.15) is 19.7 Å². The van der Waals surface area contributed by atoms with Crippen LogP contribution in [0, 0.1) is 17.7 Å². The van der Waals surface area contributed by atoms with E-state index in [0.29, 0.717) is 26.3 Å². The maximum absolute atomic E-state index is 14.2. The van der Waals surface area contributed by atoms with E-state index in [1.165, 1.54) is 12.1 Å². The number of rotatable bonds is 6. The third kappa shape index (κ3) is 5.33. The SMILES string of the molecule is CC(C)OC(=O)N1CC2COCC(C1)C2OCc1nc(-c2ccc(S(C)(=O)=O)c(F)c2)no1. The molecule has 1 amide bonds. The molecule has 0 spiro atoms. The lowest BCUT2D eigenvalue weighted by atomic mass is 9.84. The number of halogens is 1. The third-order valence-electron chi connectivity index (χ3n) is 5.55. The minimum Gasteiger partial charge on any atom is -0.447 e. The molecule has 2 aliphatic heterocycles. The fourth-order valence-electron chi connectivity index (χ4n) is 4.14. The van der Waals surface area contributed by atoms with Crippen LogP contribution in [-0.4, -0.2) is 74.3 Å². The number of ether oxygens (including phenoxy) is 3. The molecular formula is C21H26FN3O7S. The number of hydrogen-bond donors (Lipinski definition) is 0. The first-order valence-corrected chi connectivity index (χ1v) is 12.5. The molecule has 2 aliphatic rings. The Labute approximate surface area is 190 Å². The average molecular weight is 484 g/mol. The van der Waals surface area contributed by atoms with Crippen molar-refractivity contribution in [1.82, 2.24) is 15.0 Å². The van der Waals surface area contributed by atoms with Gasteiger partial charge >= 0.3 is 6.09 Å². The number of piperidine rings is 1. The molecule has 2 aromatic rings. The summed E-state index contributed by atoms with van der Waals surface area (Å²) < 4.78 is 59.6. The van der Waals surface area contributed by atoms with E-state index in [2.05, 4.69) is 10.1 Å². The van der Waals surface area contributed by atoms with E-state index in [9.17, 15) is 17.6 Å². The fourth-order valence-corrected chi connectivity index (χ4v) is 4.86. The summed E-state index contributed by atoms with van der Waals surface area (Å²) in [5, 5.41) is 3.84. The maximum atomic E-state index is 14.2. The number of likely N-dealkylation sites (tertiary alicyclic amines) is 1. The molecule has 0 radical (unpaired) electrons. The van der Waals surface area contributed by atoms with Crippen molar-refractivity contribution in [3.05, 3.63) is 29.9 Å². The van der Waals surface area contributed by atoms with Crippen LogP contribution in [0.2, 0.25) is 0 Å². The van der Waals surface area contributed by atoms with E-state index in [1.54, 1.807) is 4.90 Å². The first-order chi connectivity index (χ1) is 15.6. The highest BCUT2D eigenvalue weighted by molar-refractivity contribution is 7.90. The summed E-state index contributed by atoms with van der Waals surface area (Å²) >= 11 is 0. The van der Waals surface area contributed by atoms with Gasteiger partial charge in [0.2, 0.25) is 5.82 Å². The van der Waals surface area contributed by atoms with E-state index in [1.807, 2.05) is 13.8 Å². The van der Waals surface area contributed by atoms with Crippen molar-refractivity contribution in [2.24, 2.45) is 11.8 Å². The van der Waals surface area contributed by atoms with E-state index in [-0.39, 0.29) is 54.0 Å². The highest BCUT2D eigenvalue weighted by Crippen LogP contribution is 2.31. The molecule has 2 fully saturated rings. The number of carbonyl (C=O) groups excluding carboxylic acids is 1. The first kappa shape index (κ1) is 23.6. The summed E-state index contributed by atoms with van der Waals surface area (Å²) in [5.41, 5.74) is 0.289. The van der Waals surface area contributed by atoms with Crippen LogP contribution in [0.3, 0.4) is 0 Å². The Bertz CT molecular complexity index is 1110. The molecule has 2 unspecified atom stereocenters. The van der Waals surface area contributed by atoms with E-state index < -0.39 is 20.5 Å². The number of benzene rings is 1. The van der Waals surface area contributed by atoms with Crippen LogP contribution >= 0.6 is 0 Å². The first-order valence-electron chi connectivity index (χ1n) is 10.6. The standard InChI is InChI=1S/C21H26FN3O7S/c1-12(2)31-21(26)25-7-14-9-29-10-15(8-25)19(14)30-11-18-23-20(24-32-18)13-4-5-17(16(22)6-13)33(3,27)28/h4-6,12,14-15,19H,7-11H2,1-3H3. The second-order valence-electron chi connectivity index (χ2n) is 8.60. The van der Waals surface area contributed by atoms with Gasteiger partial charge in [0, 0.05) is 36.7 Å². The predicted octanol–water partition coefficient (Wildman–Crippen LogP) is 2.29. The van der Waals surface area contributed by atoms with E-state index >= 15 is 0 Å². The summed E-state index contributed by atoms with van der Waals surface area (Å²) in [7, 11) is -3.67. The third-order valence-corrected chi connectivity index (χ3v) is 6.68. The monoisotopic (exact) mass is 483 g/mol. The van der Waals surface area contributed by atoms with Crippen molar-refractivity contribution in [3.8, 4) is 11.4 Å². The molecule has 0 saturated carbocycles. The van der Waals surface area contributed by atoms with E-state index in [4.69, 9.17) is 18.7 Å². The van der Waals surface area contributed by atoms with Crippen LogP contribution in [0.4, 0.5) is 9.18 Å². The Morgan fingerprint density at radius 3 is 2.58 bits per heavy atom. The molecule has 10 nitrogen and oxygen atoms in total. The molecule has 12 heteroatoms. The zero-order valence-electron chi connectivity index (χ0n) is 18.6. The highest BCUT2D eigenvalue weighted by Gasteiger charge is 2.43. The number of nitrogens with zero attached hydrogens (tertiary/aromatic N) is 3. The molecule has 1 aromatic carbocycles. The van der Waals surface area contributed by atoms with Gasteiger partial charge in [-0.15, -0.1) is 0 Å². The van der Waals surface area contributed by atoms with Crippen LogP contribution in [0.25, 0.3) is 11.4 Å². The Morgan fingerprint density at radius 1 is 1.27 bits per heavy atom. The smallest absolute Gasteiger partial charge is 0.410 e. The van der Waals surface area contributed by atoms with Gasteiger partial charge in [-0.1, -0.05) is 5.16 Å². The summed E-state index contributed by atoms with van der Waals surface area (Å²) in [4.78, 5) is 17.8. The topological polar surface area (TPSA) is 121 Å². The van der Waals surface area contributed by atoms with Gasteiger partial charge in [-0.25, -0.2) is 17.6 Å². The fraction of sp³-hybridized carbons (Fsp3) is 0.571. The predicted molar refractivity (Wildman–Crippen MR) is 112 cm³/mol. The molecule has 33 heavy (non-hydrogen) atoms. The van der Waals surface area contributed by atoms with E-state index in [0.717, 1.165) is 12.3 Å². The minimum absolute atomic E-state index is 0.0164. The molecule has 2 bridgehead atoms. The molecule has 180 valence electrons. The molecular weight excluding hydrogens is 457 g/mol. The van der Waals surface area contributed by atoms with Crippen molar-refractivity contribution >= 4 is 15.9 Å². The zero-order valence-corrected chi connectivity index (χ0v) is 19.4. The number of hydrogen-bond acceptors (Lipinski definition) is 9. The lowest BCUT2D eigenvalue weighted by molar-refractivity contribution is -0.153. The maximum Gasteiger partial charge on any atom is 0.410 e. The summed E-state index contributed by atoms with van der Waals surface area (Å²) in [6, 6.07) is 3.65. The van der Waals surface area contributed by atoms with Gasteiger partial charge in [0.05, 0.1) is 25.4 Å². The van der Waals surface area contributed by atoms with Crippen molar-refractivity contribution in [1.29, 1.82) is 0 Å². The Balaban J connectivity index is 1.40. The molecule has 2 atom stereocenters. The number of carbonyl (C=O) groups is 1. The van der Waals surface area contributed by atoms with Crippen LogP contribution in [-0.2, 0) is 30.7 Å². The minimum atomic E-state index is -3.67. The summed E-state index contributed by atoms with van der Waals surface area (Å²) in [6.45, 7) is 5.53. The molecule has 1 aromatic heterocycles. The van der Waals surface area contributed by atoms with Crippen molar-refractivity contribution in [2.75, 3.05) is 32.6 Å². The van der Waals surface area contributed by atoms with Gasteiger partial charge < -0.3 is 23.6 Å². The van der Waals surface area contributed by atoms with Gasteiger partial charge in [-0.05, 0) is 32.0 Å². The Morgan fingerprint density at radius 2 is 1.97 bits per heavy atom. The van der Waals surface area contributed by atoms with Gasteiger partial charge in [0.1, 0.15) is 17.3 Å². The van der Waals surface area contributed by atoms with Crippen LogP contribution in [0.15, 0.2) is 27.6 Å². The molecule has 4 rings (SSSR count). The quantitative estimate of drug-likeness (QED) is 0.609. The Kier molecular flexibility index (Phi) is 6.68. The van der Waals surface area contributed by atoms with Gasteiger partial charge in [-0.3, -0.25) is 0 Å². The van der Waals surface area contributed by atoms with Crippen LogP contribution < -0.4 is 0 Å². The Hall–Kier alpha value is -2.57. The summed E-state index contributed by atoms with van der Waals surface area (Å²) in [5.74, 6) is -0.580. The number of fused-ring (bicyclic) bond motifs is 2. The number of sulfone groups is 1. The second kappa shape index (κ2) is 9.35. The molecule has 3 heterocycles. The largest absolute Gasteiger partial charge is 0.447 e. The van der Waals surface area contributed by atoms with Gasteiger partial charge in [0.25, 0.3) is 5.89 Å².